The fraction of sp³-hybridized carbons (Fsp3) is 0.294. The molecule has 0 spiro atoms. The molecule has 2 rings (SSSR count). The molecule has 20 heavy (non-hydrogen) atoms. The van der Waals surface area contributed by atoms with Gasteiger partial charge in [0, 0.05) is 17.8 Å². The van der Waals surface area contributed by atoms with Gasteiger partial charge in [-0.05, 0) is 31.0 Å². The lowest BCUT2D eigenvalue weighted by Gasteiger charge is -2.13. The summed E-state index contributed by atoms with van der Waals surface area (Å²) in [6.07, 6.45) is 0.980. The number of para-hydroxylation sites is 2. The Bertz CT molecular complexity index is 567. The van der Waals surface area contributed by atoms with Gasteiger partial charge in [0.25, 0.3) is 0 Å². The number of hydrogen-bond donors (Lipinski definition) is 2. The lowest BCUT2D eigenvalue weighted by Crippen LogP contribution is -2.03. The number of rotatable bonds is 6. The zero-order chi connectivity index (χ0) is 14.4. The summed E-state index contributed by atoms with van der Waals surface area (Å²) in [4.78, 5) is 0. The summed E-state index contributed by atoms with van der Waals surface area (Å²) in [5, 5.41) is 13.5. The second-order valence-corrected chi connectivity index (χ2v) is 4.56. The minimum absolute atomic E-state index is 0.218. The summed E-state index contributed by atoms with van der Waals surface area (Å²) in [6, 6.07) is 13.8. The van der Waals surface area contributed by atoms with Crippen LogP contribution in [0, 0.1) is 0 Å². The van der Waals surface area contributed by atoms with Gasteiger partial charge in [0.1, 0.15) is 0 Å². The van der Waals surface area contributed by atoms with Crippen LogP contribution in [0.3, 0.4) is 0 Å². The predicted molar refractivity (Wildman–Crippen MR) is 82.4 cm³/mol. The van der Waals surface area contributed by atoms with Gasteiger partial charge in [0.15, 0.2) is 11.5 Å². The molecule has 0 atom stereocenters. The fourth-order valence-corrected chi connectivity index (χ4v) is 2.17. The topological polar surface area (TPSA) is 41.5 Å². The highest BCUT2D eigenvalue weighted by Gasteiger charge is 2.08. The van der Waals surface area contributed by atoms with Gasteiger partial charge in [-0.2, -0.15) is 0 Å². The van der Waals surface area contributed by atoms with Gasteiger partial charge >= 0.3 is 0 Å². The molecule has 106 valence electrons. The van der Waals surface area contributed by atoms with Crippen molar-refractivity contribution >= 4 is 5.69 Å². The second kappa shape index (κ2) is 6.85. The Morgan fingerprint density at radius 3 is 2.50 bits per heavy atom. The van der Waals surface area contributed by atoms with Gasteiger partial charge in [-0.1, -0.05) is 37.3 Å². The molecular weight excluding hydrogens is 250 g/mol. The highest BCUT2D eigenvalue weighted by atomic mass is 16.5. The van der Waals surface area contributed by atoms with Crippen LogP contribution >= 0.6 is 0 Å². The normalized spacial score (nSPS) is 10.3. The van der Waals surface area contributed by atoms with Gasteiger partial charge in [-0.25, -0.2) is 0 Å². The molecule has 0 amide bonds. The molecule has 0 aromatic heterocycles. The number of phenols is 1. The molecule has 2 aromatic carbocycles. The Kier molecular flexibility index (Phi) is 4.88. The van der Waals surface area contributed by atoms with Crippen molar-refractivity contribution in [3.05, 3.63) is 53.6 Å². The highest BCUT2D eigenvalue weighted by Crippen LogP contribution is 2.30. The molecule has 0 saturated heterocycles. The van der Waals surface area contributed by atoms with Gasteiger partial charge in [0.05, 0.1) is 6.61 Å². The standard InChI is InChI=1S/C17H21NO2/c1-3-13-8-5-6-10-15(13)18-12-14-9-7-11-16(17(14)19)20-4-2/h5-11,18-19H,3-4,12H2,1-2H3. The SMILES string of the molecule is CCOc1cccc(CNc2ccccc2CC)c1O. The number of ether oxygens (including phenoxy) is 1. The molecule has 2 N–H and O–H groups in total. The molecule has 3 nitrogen and oxygen atoms in total. The minimum atomic E-state index is 0.218. The lowest BCUT2D eigenvalue weighted by atomic mass is 10.1. The van der Waals surface area contributed by atoms with Gasteiger partial charge in [-0.15, -0.1) is 0 Å². The molecule has 3 heteroatoms. The zero-order valence-electron chi connectivity index (χ0n) is 12.0. The smallest absolute Gasteiger partial charge is 0.162 e. The van der Waals surface area contributed by atoms with Crippen LogP contribution in [-0.4, -0.2) is 11.7 Å². The highest BCUT2D eigenvalue weighted by molar-refractivity contribution is 5.53. The molecule has 0 bridgehead atoms. The monoisotopic (exact) mass is 271 g/mol. The molecule has 0 aliphatic carbocycles. The minimum Gasteiger partial charge on any atom is -0.504 e. The van der Waals surface area contributed by atoms with Crippen molar-refractivity contribution in [2.24, 2.45) is 0 Å². The van der Waals surface area contributed by atoms with Crippen molar-refractivity contribution < 1.29 is 9.84 Å². The van der Waals surface area contributed by atoms with Gasteiger partial charge in [0.2, 0.25) is 0 Å². The van der Waals surface area contributed by atoms with Crippen LogP contribution in [0.25, 0.3) is 0 Å². The maximum absolute atomic E-state index is 10.2. The van der Waals surface area contributed by atoms with Crippen LogP contribution in [0.5, 0.6) is 11.5 Å². The summed E-state index contributed by atoms with van der Waals surface area (Å²) in [7, 11) is 0. The number of anilines is 1. The zero-order valence-corrected chi connectivity index (χ0v) is 12.0. The largest absolute Gasteiger partial charge is 0.504 e. The summed E-state index contributed by atoms with van der Waals surface area (Å²) in [6.45, 7) is 5.16. The first-order valence-corrected chi connectivity index (χ1v) is 7.01. The van der Waals surface area contributed by atoms with E-state index >= 15 is 0 Å². The number of hydrogen-bond acceptors (Lipinski definition) is 3. The number of aromatic hydroxyl groups is 1. The Balaban J connectivity index is 2.13. The predicted octanol–water partition coefficient (Wildman–Crippen LogP) is 3.97. The van der Waals surface area contributed by atoms with Crippen LogP contribution in [0.4, 0.5) is 5.69 Å². The van der Waals surface area contributed by atoms with Crippen molar-refractivity contribution in [2.45, 2.75) is 26.8 Å². The summed E-state index contributed by atoms with van der Waals surface area (Å²) >= 11 is 0. The van der Waals surface area contributed by atoms with Crippen molar-refractivity contribution in [2.75, 3.05) is 11.9 Å². The third kappa shape index (κ3) is 3.23. The molecule has 0 radical (unpaired) electrons. The average Bonchev–Trinajstić information content (AvgIpc) is 2.48. The van der Waals surface area contributed by atoms with E-state index in [1.54, 1.807) is 6.07 Å². The number of nitrogens with one attached hydrogen (secondary N) is 1. The Morgan fingerprint density at radius 2 is 1.75 bits per heavy atom. The van der Waals surface area contributed by atoms with Crippen molar-refractivity contribution in [1.82, 2.24) is 0 Å². The first-order valence-electron chi connectivity index (χ1n) is 7.01. The summed E-state index contributed by atoms with van der Waals surface area (Å²) in [5.41, 5.74) is 3.21. The Morgan fingerprint density at radius 1 is 1.00 bits per heavy atom. The van der Waals surface area contributed by atoms with E-state index in [1.165, 1.54) is 5.56 Å². The molecule has 0 saturated carbocycles. The van der Waals surface area contributed by atoms with Crippen molar-refractivity contribution in [1.29, 1.82) is 0 Å². The van der Waals surface area contributed by atoms with E-state index in [9.17, 15) is 5.11 Å². The van der Waals surface area contributed by atoms with E-state index in [2.05, 4.69) is 24.4 Å². The van der Waals surface area contributed by atoms with Crippen LogP contribution < -0.4 is 10.1 Å². The molecule has 0 heterocycles. The number of phenolic OH excluding ortho intramolecular Hbond substituents is 1. The number of aryl methyl sites for hydroxylation is 1. The second-order valence-electron chi connectivity index (χ2n) is 4.56. The van der Waals surface area contributed by atoms with Crippen LogP contribution in [0.1, 0.15) is 25.0 Å². The maximum Gasteiger partial charge on any atom is 0.162 e. The Hall–Kier alpha value is -2.16. The first-order chi connectivity index (χ1) is 9.76. The third-order valence-corrected chi connectivity index (χ3v) is 3.25. The summed E-state index contributed by atoms with van der Waals surface area (Å²) < 4.78 is 5.40. The quantitative estimate of drug-likeness (QED) is 0.835. The third-order valence-electron chi connectivity index (χ3n) is 3.25. The lowest BCUT2D eigenvalue weighted by molar-refractivity contribution is 0.317. The van der Waals surface area contributed by atoms with Crippen molar-refractivity contribution in [3.63, 3.8) is 0 Å². The molecular formula is C17H21NO2. The van der Waals surface area contributed by atoms with Crippen LogP contribution in [0.2, 0.25) is 0 Å². The molecule has 0 unspecified atom stereocenters. The molecule has 0 aliphatic rings. The van der Waals surface area contributed by atoms with E-state index in [0.29, 0.717) is 18.9 Å². The van der Waals surface area contributed by atoms with Crippen LogP contribution in [0.15, 0.2) is 42.5 Å². The fourth-order valence-electron chi connectivity index (χ4n) is 2.17. The molecule has 0 fully saturated rings. The van der Waals surface area contributed by atoms with Gasteiger partial charge < -0.3 is 15.2 Å². The van der Waals surface area contributed by atoms with E-state index in [0.717, 1.165) is 17.7 Å². The maximum atomic E-state index is 10.2. The van der Waals surface area contributed by atoms with E-state index in [4.69, 9.17) is 4.74 Å². The van der Waals surface area contributed by atoms with Crippen LogP contribution in [-0.2, 0) is 13.0 Å². The molecule has 2 aromatic rings. The number of benzene rings is 2. The van der Waals surface area contributed by atoms with Gasteiger partial charge in [-0.3, -0.25) is 0 Å². The van der Waals surface area contributed by atoms with E-state index in [1.807, 2.05) is 31.2 Å². The first kappa shape index (κ1) is 14.3. The molecule has 0 aliphatic heterocycles. The average molecular weight is 271 g/mol. The summed E-state index contributed by atoms with van der Waals surface area (Å²) in [5.74, 6) is 0.756. The van der Waals surface area contributed by atoms with E-state index in [-0.39, 0.29) is 5.75 Å². The van der Waals surface area contributed by atoms with E-state index < -0.39 is 0 Å². The van der Waals surface area contributed by atoms with Crippen molar-refractivity contribution in [3.8, 4) is 11.5 Å². The Labute approximate surface area is 120 Å².